The van der Waals surface area contributed by atoms with Crippen molar-refractivity contribution >= 4 is 22.5 Å². The number of benzene rings is 2. The van der Waals surface area contributed by atoms with Crippen LogP contribution >= 0.6 is 0 Å². The van der Waals surface area contributed by atoms with Crippen molar-refractivity contribution in [1.82, 2.24) is 15.6 Å². The maximum Gasteiger partial charge on any atom is 0.190 e. The molecule has 3 N–H and O–H groups in total. The van der Waals surface area contributed by atoms with Gasteiger partial charge in [-0.1, -0.05) is 12.1 Å². The molecule has 0 spiro atoms. The standard InChI is InChI=1S/C24H29F2N5/c1-16-3-5-20-18(14-29-23(20)11-16)7-9-28-24(27-2)30-13-17-8-10-31(15-17)19-4-6-21(25)22(26)12-19/h3-6,11-12,14,17,29H,7-10,13,15H2,1-2H3,(H2,27,28,30). The third-order valence-corrected chi connectivity index (χ3v) is 5.95. The molecule has 1 unspecified atom stereocenters. The molecule has 0 radical (unpaired) electrons. The average molecular weight is 426 g/mol. The monoisotopic (exact) mass is 425 g/mol. The van der Waals surface area contributed by atoms with E-state index in [-0.39, 0.29) is 0 Å². The summed E-state index contributed by atoms with van der Waals surface area (Å²) in [4.78, 5) is 9.77. The van der Waals surface area contributed by atoms with Crippen molar-refractivity contribution in [2.45, 2.75) is 19.8 Å². The molecule has 2 aromatic carbocycles. The van der Waals surface area contributed by atoms with Gasteiger partial charge in [-0.3, -0.25) is 4.99 Å². The van der Waals surface area contributed by atoms with Gasteiger partial charge >= 0.3 is 0 Å². The van der Waals surface area contributed by atoms with Crippen molar-refractivity contribution in [3.05, 3.63) is 65.4 Å². The van der Waals surface area contributed by atoms with Crippen LogP contribution in [0.5, 0.6) is 0 Å². The van der Waals surface area contributed by atoms with Crippen molar-refractivity contribution in [3.8, 4) is 0 Å². The molecule has 1 saturated heterocycles. The summed E-state index contributed by atoms with van der Waals surface area (Å²) in [5.41, 5.74) is 4.44. The van der Waals surface area contributed by atoms with Crippen molar-refractivity contribution in [3.63, 3.8) is 0 Å². The number of nitrogens with one attached hydrogen (secondary N) is 3. The topological polar surface area (TPSA) is 55.5 Å². The second kappa shape index (κ2) is 9.37. The van der Waals surface area contributed by atoms with Gasteiger partial charge in [-0.2, -0.15) is 0 Å². The summed E-state index contributed by atoms with van der Waals surface area (Å²) in [5, 5.41) is 8.05. The van der Waals surface area contributed by atoms with Crippen molar-refractivity contribution < 1.29 is 8.78 Å². The molecule has 2 heterocycles. The molecule has 7 heteroatoms. The lowest BCUT2D eigenvalue weighted by molar-refractivity contribution is 0.508. The fourth-order valence-electron chi connectivity index (χ4n) is 4.20. The van der Waals surface area contributed by atoms with E-state index < -0.39 is 11.6 Å². The largest absolute Gasteiger partial charge is 0.371 e. The Balaban J connectivity index is 1.24. The zero-order valence-corrected chi connectivity index (χ0v) is 18.0. The molecular weight excluding hydrogens is 396 g/mol. The number of hydrogen-bond donors (Lipinski definition) is 3. The van der Waals surface area contributed by atoms with Gasteiger partial charge in [0, 0.05) is 62.1 Å². The zero-order chi connectivity index (χ0) is 21.8. The summed E-state index contributed by atoms with van der Waals surface area (Å²) in [6.07, 6.45) is 3.97. The number of aliphatic imine (C=N–C) groups is 1. The van der Waals surface area contributed by atoms with Crippen LogP contribution in [0.25, 0.3) is 10.9 Å². The molecule has 31 heavy (non-hydrogen) atoms. The summed E-state index contributed by atoms with van der Waals surface area (Å²) in [6, 6.07) is 10.6. The predicted octanol–water partition coefficient (Wildman–Crippen LogP) is 3.99. The van der Waals surface area contributed by atoms with Gasteiger partial charge in [0.2, 0.25) is 0 Å². The fraction of sp³-hybridized carbons (Fsp3) is 0.375. The van der Waals surface area contributed by atoms with E-state index in [1.165, 1.54) is 34.2 Å². The van der Waals surface area contributed by atoms with Gasteiger partial charge in [0.15, 0.2) is 17.6 Å². The number of nitrogens with zero attached hydrogens (tertiary/aromatic N) is 2. The van der Waals surface area contributed by atoms with Gasteiger partial charge < -0.3 is 20.5 Å². The van der Waals surface area contributed by atoms with Crippen molar-refractivity contribution in [2.75, 3.05) is 38.1 Å². The Hall–Kier alpha value is -3.09. The zero-order valence-electron chi connectivity index (χ0n) is 18.0. The molecule has 1 aliphatic heterocycles. The highest BCUT2D eigenvalue weighted by Gasteiger charge is 2.23. The molecule has 1 fully saturated rings. The molecule has 3 aromatic rings. The van der Waals surface area contributed by atoms with Crippen molar-refractivity contribution in [1.29, 1.82) is 0 Å². The Morgan fingerprint density at radius 3 is 2.84 bits per heavy atom. The molecule has 1 aliphatic rings. The Morgan fingerprint density at radius 1 is 1.16 bits per heavy atom. The third-order valence-electron chi connectivity index (χ3n) is 5.95. The first kappa shape index (κ1) is 21.2. The molecule has 0 amide bonds. The summed E-state index contributed by atoms with van der Waals surface area (Å²) in [6.45, 7) is 5.31. The second-order valence-electron chi connectivity index (χ2n) is 8.19. The predicted molar refractivity (Wildman–Crippen MR) is 123 cm³/mol. The third kappa shape index (κ3) is 4.98. The maximum atomic E-state index is 13.5. The Labute approximate surface area is 181 Å². The Bertz CT molecular complexity index is 1080. The van der Waals surface area contributed by atoms with Crippen LogP contribution in [-0.4, -0.2) is 44.2 Å². The minimum absolute atomic E-state index is 0.420. The van der Waals surface area contributed by atoms with Gasteiger partial charge in [-0.05, 0) is 55.0 Å². The minimum atomic E-state index is -0.807. The number of aryl methyl sites for hydroxylation is 1. The van der Waals surface area contributed by atoms with Crippen LogP contribution < -0.4 is 15.5 Å². The molecule has 1 aromatic heterocycles. The summed E-state index contributed by atoms with van der Waals surface area (Å²) in [7, 11) is 1.77. The Kier molecular flexibility index (Phi) is 6.39. The van der Waals surface area contributed by atoms with Gasteiger partial charge in [-0.15, -0.1) is 0 Å². The lowest BCUT2D eigenvalue weighted by Gasteiger charge is -2.19. The quantitative estimate of drug-likeness (QED) is 0.414. The number of guanidine groups is 1. The van der Waals surface area contributed by atoms with E-state index in [2.05, 4.69) is 56.8 Å². The lowest BCUT2D eigenvalue weighted by Crippen LogP contribution is -2.41. The smallest absolute Gasteiger partial charge is 0.190 e. The molecule has 4 rings (SSSR count). The van der Waals surface area contributed by atoms with E-state index in [0.717, 1.165) is 50.7 Å². The van der Waals surface area contributed by atoms with Crippen LogP contribution in [-0.2, 0) is 6.42 Å². The number of fused-ring (bicyclic) bond motifs is 1. The van der Waals surface area contributed by atoms with E-state index in [1.807, 2.05) is 0 Å². The van der Waals surface area contributed by atoms with Crippen LogP contribution in [0, 0.1) is 24.5 Å². The van der Waals surface area contributed by atoms with Gasteiger partial charge in [0.1, 0.15) is 0 Å². The Morgan fingerprint density at radius 2 is 2.03 bits per heavy atom. The van der Waals surface area contributed by atoms with E-state index in [1.54, 1.807) is 13.1 Å². The van der Waals surface area contributed by atoms with Gasteiger partial charge in [0.05, 0.1) is 0 Å². The summed E-state index contributed by atoms with van der Waals surface area (Å²) < 4.78 is 26.7. The first-order valence-electron chi connectivity index (χ1n) is 10.7. The van der Waals surface area contributed by atoms with Crippen molar-refractivity contribution in [2.24, 2.45) is 10.9 Å². The first-order chi connectivity index (χ1) is 15.0. The first-order valence-corrected chi connectivity index (χ1v) is 10.7. The fourth-order valence-corrected chi connectivity index (χ4v) is 4.20. The number of aromatic amines is 1. The minimum Gasteiger partial charge on any atom is -0.371 e. The van der Waals surface area contributed by atoms with E-state index in [0.29, 0.717) is 5.92 Å². The maximum absolute atomic E-state index is 13.5. The van der Waals surface area contributed by atoms with E-state index in [4.69, 9.17) is 0 Å². The molecular formula is C24H29F2N5. The average Bonchev–Trinajstić information content (AvgIpc) is 3.39. The molecule has 0 saturated carbocycles. The van der Waals surface area contributed by atoms with Gasteiger partial charge in [0.25, 0.3) is 0 Å². The number of rotatable bonds is 6. The van der Waals surface area contributed by atoms with E-state index in [9.17, 15) is 8.78 Å². The highest BCUT2D eigenvalue weighted by atomic mass is 19.2. The van der Waals surface area contributed by atoms with Crippen LogP contribution in [0.3, 0.4) is 0 Å². The highest BCUT2D eigenvalue weighted by molar-refractivity contribution is 5.84. The van der Waals surface area contributed by atoms with Gasteiger partial charge in [-0.25, -0.2) is 8.78 Å². The number of aromatic nitrogens is 1. The molecule has 1 atom stereocenters. The van der Waals surface area contributed by atoms with Crippen LogP contribution in [0.15, 0.2) is 47.6 Å². The SMILES string of the molecule is CN=C(NCCc1c[nH]c2cc(C)ccc12)NCC1CCN(c2ccc(F)c(F)c2)C1. The summed E-state index contributed by atoms with van der Waals surface area (Å²) >= 11 is 0. The van der Waals surface area contributed by atoms with E-state index >= 15 is 0 Å². The molecule has 5 nitrogen and oxygen atoms in total. The highest BCUT2D eigenvalue weighted by Crippen LogP contribution is 2.25. The number of H-pyrrole nitrogens is 1. The number of hydrogen-bond acceptors (Lipinski definition) is 2. The van der Waals surface area contributed by atoms with Crippen LogP contribution in [0.1, 0.15) is 17.5 Å². The second-order valence-corrected chi connectivity index (χ2v) is 8.19. The molecule has 0 bridgehead atoms. The normalized spacial score (nSPS) is 16.8. The number of anilines is 1. The van der Waals surface area contributed by atoms with Crippen LogP contribution in [0.2, 0.25) is 0 Å². The molecule has 164 valence electrons. The molecule has 0 aliphatic carbocycles. The number of halogens is 2. The summed E-state index contributed by atoms with van der Waals surface area (Å²) in [5.74, 6) is -0.404. The lowest BCUT2D eigenvalue weighted by atomic mass is 10.1. The van der Waals surface area contributed by atoms with Crippen LogP contribution in [0.4, 0.5) is 14.5 Å².